The first-order valence-electron chi connectivity index (χ1n) is 10.2. The van der Waals surface area contributed by atoms with Crippen LogP contribution in [0.1, 0.15) is 35.5 Å². The molecular weight excluding hydrogens is 380 g/mol. The number of likely N-dealkylation sites (tertiary alicyclic amines) is 1. The first-order valence-corrected chi connectivity index (χ1v) is 11.0. The van der Waals surface area contributed by atoms with Crippen molar-refractivity contribution in [2.75, 3.05) is 33.7 Å². The first-order chi connectivity index (χ1) is 14.1. The number of carbonyl (C=O) groups is 1. The number of hydrogen-bond acceptors (Lipinski definition) is 5. The van der Waals surface area contributed by atoms with E-state index in [0.29, 0.717) is 13.1 Å². The van der Waals surface area contributed by atoms with Gasteiger partial charge in [-0.05, 0) is 51.2 Å². The molecule has 3 aromatic rings. The molecule has 4 rings (SSSR count). The maximum Gasteiger partial charge on any atom is 0.234 e. The van der Waals surface area contributed by atoms with Crippen LogP contribution in [-0.2, 0) is 4.79 Å². The molecule has 1 amide bonds. The Bertz CT molecular complexity index is 923. The minimum absolute atomic E-state index is 0.0841. The molecule has 2 atom stereocenters. The number of nitrogens with one attached hydrogen (secondary N) is 1. The molecule has 2 aromatic carbocycles. The average Bonchev–Trinajstić information content (AvgIpc) is 3.35. The Hall–Kier alpha value is -2.28. The van der Waals surface area contributed by atoms with Crippen LogP contribution in [0.2, 0.25) is 0 Å². The topological polar surface area (TPSA) is 48.5 Å². The summed E-state index contributed by atoms with van der Waals surface area (Å²) < 4.78 is 1.22. The third-order valence-corrected chi connectivity index (χ3v) is 6.74. The summed E-state index contributed by atoms with van der Waals surface area (Å²) in [6.45, 7) is 1.98. The molecule has 1 saturated heterocycles. The number of nitrogens with zero attached hydrogens (tertiary/aromatic N) is 3. The summed E-state index contributed by atoms with van der Waals surface area (Å²) >= 11 is 1.75. The molecule has 1 aliphatic heterocycles. The van der Waals surface area contributed by atoms with Crippen LogP contribution in [0.15, 0.2) is 54.6 Å². The van der Waals surface area contributed by atoms with Crippen LogP contribution in [0.4, 0.5) is 0 Å². The summed E-state index contributed by atoms with van der Waals surface area (Å²) in [5.41, 5.74) is 2.27. The molecule has 1 aliphatic rings. The van der Waals surface area contributed by atoms with E-state index in [-0.39, 0.29) is 18.0 Å². The lowest BCUT2D eigenvalue weighted by Gasteiger charge is -2.26. The normalized spacial score (nSPS) is 18.4. The Kier molecular flexibility index (Phi) is 6.23. The SMILES string of the molecule is CN(C)C(CNC(=O)CN1CCCC1c1nc2ccccc2s1)c1ccccc1. The highest BCUT2D eigenvalue weighted by atomic mass is 32.1. The van der Waals surface area contributed by atoms with Crippen molar-refractivity contribution in [1.29, 1.82) is 0 Å². The maximum atomic E-state index is 12.7. The van der Waals surface area contributed by atoms with Crippen LogP contribution in [-0.4, -0.2) is 54.4 Å². The zero-order valence-corrected chi connectivity index (χ0v) is 17.9. The van der Waals surface area contributed by atoms with E-state index in [4.69, 9.17) is 4.98 Å². The van der Waals surface area contributed by atoms with E-state index in [2.05, 4.69) is 45.4 Å². The van der Waals surface area contributed by atoms with Crippen molar-refractivity contribution >= 4 is 27.5 Å². The number of carbonyl (C=O) groups excluding carboxylic acids is 1. The quantitative estimate of drug-likeness (QED) is 0.645. The van der Waals surface area contributed by atoms with Gasteiger partial charge in [0, 0.05) is 6.54 Å². The second-order valence-corrected chi connectivity index (χ2v) is 8.90. The second kappa shape index (κ2) is 9.03. The van der Waals surface area contributed by atoms with E-state index in [1.807, 2.05) is 38.4 Å². The molecule has 1 fully saturated rings. The number of likely N-dealkylation sites (N-methyl/N-ethyl adjacent to an activating group) is 1. The maximum absolute atomic E-state index is 12.7. The van der Waals surface area contributed by atoms with Crippen molar-refractivity contribution in [2.24, 2.45) is 0 Å². The number of amides is 1. The van der Waals surface area contributed by atoms with Crippen LogP contribution in [0, 0.1) is 0 Å². The highest BCUT2D eigenvalue weighted by Gasteiger charge is 2.30. The van der Waals surface area contributed by atoms with Crippen LogP contribution in [0.3, 0.4) is 0 Å². The molecule has 0 saturated carbocycles. The number of fused-ring (bicyclic) bond motifs is 1. The van der Waals surface area contributed by atoms with Gasteiger partial charge in [-0.2, -0.15) is 0 Å². The van der Waals surface area contributed by atoms with Gasteiger partial charge in [0.05, 0.1) is 28.8 Å². The zero-order chi connectivity index (χ0) is 20.2. The predicted octanol–water partition coefficient (Wildman–Crippen LogP) is 3.85. The second-order valence-electron chi connectivity index (χ2n) is 7.84. The molecule has 2 unspecified atom stereocenters. The van der Waals surface area contributed by atoms with E-state index in [0.717, 1.165) is 29.9 Å². The van der Waals surface area contributed by atoms with Gasteiger partial charge in [-0.3, -0.25) is 9.69 Å². The molecule has 0 spiro atoms. The molecule has 2 heterocycles. The Morgan fingerprint density at radius 3 is 2.72 bits per heavy atom. The molecule has 0 radical (unpaired) electrons. The summed E-state index contributed by atoms with van der Waals surface area (Å²) in [7, 11) is 4.10. The Morgan fingerprint density at radius 1 is 1.21 bits per heavy atom. The lowest BCUT2D eigenvalue weighted by molar-refractivity contribution is -0.122. The molecular formula is C23H28N4OS. The fourth-order valence-corrected chi connectivity index (χ4v) is 5.19. The van der Waals surface area contributed by atoms with Crippen molar-refractivity contribution in [1.82, 2.24) is 20.1 Å². The summed E-state index contributed by atoms with van der Waals surface area (Å²) in [4.78, 5) is 22.0. The molecule has 0 aliphatic carbocycles. The van der Waals surface area contributed by atoms with Crippen molar-refractivity contribution in [2.45, 2.75) is 24.9 Å². The fourth-order valence-electron chi connectivity index (χ4n) is 4.05. The molecule has 29 heavy (non-hydrogen) atoms. The smallest absolute Gasteiger partial charge is 0.234 e. The number of thiazole rings is 1. The Balaban J connectivity index is 1.38. The van der Waals surface area contributed by atoms with Gasteiger partial charge in [-0.1, -0.05) is 42.5 Å². The van der Waals surface area contributed by atoms with Crippen molar-refractivity contribution in [3.63, 3.8) is 0 Å². The summed E-state index contributed by atoms with van der Waals surface area (Å²) in [6, 6.07) is 19.0. The van der Waals surface area contributed by atoms with Crippen LogP contribution >= 0.6 is 11.3 Å². The number of benzene rings is 2. The van der Waals surface area contributed by atoms with E-state index in [1.165, 1.54) is 10.3 Å². The molecule has 1 N–H and O–H groups in total. The lowest BCUT2D eigenvalue weighted by atomic mass is 10.1. The Labute approximate surface area is 176 Å². The predicted molar refractivity (Wildman–Crippen MR) is 119 cm³/mol. The Morgan fingerprint density at radius 2 is 1.97 bits per heavy atom. The van der Waals surface area contributed by atoms with Gasteiger partial charge in [0.2, 0.25) is 5.91 Å². The van der Waals surface area contributed by atoms with E-state index >= 15 is 0 Å². The fraction of sp³-hybridized carbons (Fsp3) is 0.391. The largest absolute Gasteiger partial charge is 0.353 e. The number of aromatic nitrogens is 1. The van der Waals surface area contributed by atoms with E-state index < -0.39 is 0 Å². The van der Waals surface area contributed by atoms with Gasteiger partial charge in [0.1, 0.15) is 5.01 Å². The number of rotatable bonds is 7. The van der Waals surface area contributed by atoms with Crippen LogP contribution in [0.25, 0.3) is 10.2 Å². The summed E-state index contributed by atoms with van der Waals surface area (Å²) in [5, 5.41) is 4.28. The number of para-hydroxylation sites is 1. The standard InChI is InChI=1S/C23H28N4OS/c1-26(2)20(17-9-4-3-5-10-17)15-24-22(28)16-27-14-8-12-19(27)23-25-18-11-6-7-13-21(18)29-23/h3-7,9-11,13,19-20H,8,12,14-16H2,1-2H3,(H,24,28). The monoisotopic (exact) mass is 408 g/mol. The zero-order valence-electron chi connectivity index (χ0n) is 17.0. The molecule has 5 nitrogen and oxygen atoms in total. The summed E-state index contributed by atoms with van der Waals surface area (Å²) in [5.74, 6) is 0.0841. The van der Waals surface area contributed by atoms with Crippen molar-refractivity contribution < 1.29 is 4.79 Å². The van der Waals surface area contributed by atoms with E-state index in [9.17, 15) is 4.79 Å². The highest BCUT2D eigenvalue weighted by Crippen LogP contribution is 2.36. The van der Waals surface area contributed by atoms with Gasteiger partial charge >= 0.3 is 0 Å². The molecule has 152 valence electrons. The van der Waals surface area contributed by atoms with Crippen LogP contribution < -0.4 is 5.32 Å². The van der Waals surface area contributed by atoms with Crippen molar-refractivity contribution in [3.05, 3.63) is 65.2 Å². The van der Waals surface area contributed by atoms with Gasteiger partial charge in [-0.15, -0.1) is 11.3 Å². The van der Waals surface area contributed by atoms with Gasteiger partial charge in [0.25, 0.3) is 0 Å². The average molecular weight is 409 g/mol. The van der Waals surface area contributed by atoms with Crippen LogP contribution in [0.5, 0.6) is 0 Å². The lowest BCUT2D eigenvalue weighted by Crippen LogP contribution is -2.40. The molecule has 1 aromatic heterocycles. The summed E-state index contributed by atoms with van der Waals surface area (Å²) in [6.07, 6.45) is 2.18. The van der Waals surface area contributed by atoms with Gasteiger partial charge in [0.15, 0.2) is 0 Å². The first kappa shape index (κ1) is 20.0. The minimum Gasteiger partial charge on any atom is -0.353 e. The van der Waals surface area contributed by atoms with Gasteiger partial charge < -0.3 is 10.2 Å². The highest BCUT2D eigenvalue weighted by molar-refractivity contribution is 7.18. The minimum atomic E-state index is 0.0841. The van der Waals surface area contributed by atoms with E-state index in [1.54, 1.807) is 11.3 Å². The number of hydrogen-bond donors (Lipinski definition) is 1. The third kappa shape index (κ3) is 4.66. The van der Waals surface area contributed by atoms with Gasteiger partial charge in [-0.25, -0.2) is 4.98 Å². The third-order valence-electron chi connectivity index (χ3n) is 5.61. The molecule has 0 bridgehead atoms. The van der Waals surface area contributed by atoms with Crippen molar-refractivity contribution in [3.8, 4) is 0 Å². The molecule has 6 heteroatoms.